The van der Waals surface area contributed by atoms with Crippen LogP contribution in [0.15, 0.2) is 55.0 Å². The second kappa shape index (κ2) is 10.2. The average molecular weight is 445 g/mol. The van der Waals surface area contributed by atoms with Gasteiger partial charge in [-0.1, -0.05) is 6.07 Å². The summed E-state index contributed by atoms with van der Waals surface area (Å²) in [6, 6.07) is 11.6. The van der Waals surface area contributed by atoms with E-state index in [1.165, 1.54) is 0 Å². The Labute approximate surface area is 192 Å². The highest BCUT2D eigenvalue weighted by Crippen LogP contribution is 2.26. The lowest BCUT2D eigenvalue weighted by Crippen LogP contribution is -2.21. The molecule has 9 nitrogen and oxygen atoms in total. The second-order valence-electron chi connectivity index (χ2n) is 8.06. The molecule has 0 aliphatic carbocycles. The summed E-state index contributed by atoms with van der Waals surface area (Å²) in [6.07, 6.45) is 5.29. The minimum atomic E-state index is -0.296. The van der Waals surface area contributed by atoms with Crippen LogP contribution in [-0.2, 0) is 6.54 Å². The number of carbonyl (C=O) groups excluding carboxylic acids is 1. The van der Waals surface area contributed by atoms with Crippen molar-refractivity contribution >= 4 is 28.3 Å². The molecule has 4 rings (SSSR count). The molecule has 3 heterocycles. The summed E-state index contributed by atoms with van der Waals surface area (Å²) in [5.41, 5.74) is 4.78. The highest BCUT2D eigenvalue weighted by atomic mass is 16.1. The maximum Gasteiger partial charge on any atom is 0.276 e. The van der Waals surface area contributed by atoms with Crippen LogP contribution in [0.3, 0.4) is 0 Å². The first-order chi connectivity index (χ1) is 16.0. The molecule has 0 saturated heterocycles. The van der Waals surface area contributed by atoms with E-state index < -0.39 is 0 Å². The summed E-state index contributed by atoms with van der Waals surface area (Å²) in [5, 5.41) is 17.2. The predicted octanol–water partition coefficient (Wildman–Crippen LogP) is 2.97. The predicted molar refractivity (Wildman–Crippen MR) is 131 cm³/mol. The molecule has 0 radical (unpaired) electrons. The molecule has 1 amide bonds. The SMILES string of the molecule is CNCc1cncc(-c2ccc3[nH]nc(C(=O)Nc4ccc(NCCN(C)C)nc4)c3c2)c1. The number of hydrogen-bond donors (Lipinski definition) is 4. The van der Waals surface area contributed by atoms with Crippen LogP contribution < -0.4 is 16.0 Å². The van der Waals surface area contributed by atoms with Gasteiger partial charge in [-0.05, 0) is 62.6 Å². The number of amides is 1. The number of nitrogens with zero attached hydrogens (tertiary/aromatic N) is 4. The van der Waals surface area contributed by atoms with Crippen molar-refractivity contribution in [3.8, 4) is 11.1 Å². The Kier molecular flexibility index (Phi) is 6.92. The van der Waals surface area contributed by atoms with Crippen molar-refractivity contribution in [2.24, 2.45) is 0 Å². The lowest BCUT2D eigenvalue weighted by molar-refractivity contribution is 0.102. The zero-order valence-corrected chi connectivity index (χ0v) is 19.0. The van der Waals surface area contributed by atoms with Crippen molar-refractivity contribution < 1.29 is 4.79 Å². The molecular formula is C24H28N8O. The minimum Gasteiger partial charge on any atom is -0.369 e. The third-order valence-corrected chi connectivity index (χ3v) is 5.17. The van der Waals surface area contributed by atoms with Crippen molar-refractivity contribution in [2.45, 2.75) is 6.54 Å². The van der Waals surface area contributed by atoms with Crippen LogP contribution in [0.1, 0.15) is 16.1 Å². The van der Waals surface area contributed by atoms with Crippen molar-refractivity contribution in [1.82, 2.24) is 30.4 Å². The number of benzene rings is 1. The summed E-state index contributed by atoms with van der Waals surface area (Å²) >= 11 is 0. The molecule has 33 heavy (non-hydrogen) atoms. The molecule has 0 aliphatic heterocycles. The van der Waals surface area contributed by atoms with Gasteiger partial charge in [0.1, 0.15) is 5.82 Å². The van der Waals surface area contributed by atoms with E-state index in [2.05, 4.69) is 47.1 Å². The number of aromatic amines is 1. The molecule has 0 atom stereocenters. The lowest BCUT2D eigenvalue weighted by atomic mass is 10.0. The van der Waals surface area contributed by atoms with Crippen LogP contribution in [0.2, 0.25) is 0 Å². The number of nitrogens with one attached hydrogen (secondary N) is 4. The van der Waals surface area contributed by atoms with Gasteiger partial charge in [-0.15, -0.1) is 0 Å². The molecule has 9 heteroatoms. The number of anilines is 2. The fraction of sp³-hybridized carbons (Fsp3) is 0.250. The monoisotopic (exact) mass is 444 g/mol. The third kappa shape index (κ3) is 5.51. The molecule has 0 saturated carbocycles. The molecule has 170 valence electrons. The molecule has 0 aliphatic rings. The van der Waals surface area contributed by atoms with Gasteiger partial charge in [-0.25, -0.2) is 4.98 Å². The maximum absolute atomic E-state index is 12.9. The molecule has 0 unspecified atom stereocenters. The maximum atomic E-state index is 12.9. The van der Waals surface area contributed by atoms with Gasteiger partial charge < -0.3 is 20.9 Å². The highest BCUT2D eigenvalue weighted by Gasteiger charge is 2.16. The van der Waals surface area contributed by atoms with E-state index in [4.69, 9.17) is 0 Å². The molecule has 3 aromatic heterocycles. The molecule has 4 N–H and O–H groups in total. The highest BCUT2D eigenvalue weighted by molar-refractivity contribution is 6.11. The van der Waals surface area contributed by atoms with Crippen LogP contribution in [0.25, 0.3) is 22.0 Å². The van der Waals surface area contributed by atoms with Crippen molar-refractivity contribution in [3.05, 3.63) is 66.2 Å². The van der Waals surface area contributed by atoms with Gasteiger partial charge in [-0.2, -0.15) is 5.10 Å². The fourth-order valence-corrected chi connectivity index (χ4v) is 3.48. The van der Waals surface area contributed by atoms with Crippen LogP contribution in [0.4, 0.5) is 11.5 Å². The number of hydrogen-bond acceptors (Lipinski definition) is 7. The smallest absolute Gasteiger partial charge is 0.276 e. The van der Waals surface area contributed by atoms with Gasteiger partial charge in [0.25, 0.3) is 5.91 Å². The molecule has 0 spiro atoms. The average Bonchev–Trinajstić information content (AvgIpc) is 3.24. The van der Waals surface area contributed by atoms with E-state index in [9.17, 15) is 4.79 Å². The van der Waals surface area contributed by atoms with Gasteiger partial charge in [0.2, 0.25) is 0 Å². The second-order valence-corrected chi connectivity index (χ2v) is 8.06. The van der Waals surface area contributed by atoms with Gasteiger partial charge in [-0.3, -0.25) is 14.9 Å². The van der Waals surface area contributed by atoms with E-state index >= 15 is 0 Å². The fourth-order valence-electron chi connectivity index (χ4n) is 3.48. The molecule has 4 aromatic rings. The molecule has 0 fully saturated rings. The van der Waals surface area contributed by atoms with Crippen LogP contribution in [0.5, 0.6) is 0 Å². The molecule has 0 bridgehead atoms. The Bertz CT molecular complexity index is 1230. The minimum absolute atomic E-state index is 0.296. The van der Waals surface area contributed by atoms with Crippen molar-refractivity contribution in [1.29, 1.82) is 0 Å². The number of fused-ring (bicyclic) bond motifs is 1. The normalized spacial score (nSPS) is 11.2. The van der Waals surface area contributed by atoms with E-state index in [1.54, 1.807) is 6.20 Å². The number of carbonyl (C=O) groups is 1. The Morgan fingerprint density at radius 3 is 2.70 bits per heavy atom. The van der Waals surface area contributed by atoms with Crippen LogP contribution >= 0.6 is 0 Å². The van der Waals surface area contributed by atoms with Gasteiger partial charge in [0.15, 0.2) is 5.69 Å². The van der Waals surface area contributed by atoms with E-state index in [-0.39, 0.29) is 5.91 Å². The van der Waals surface area contributed by atoms with Crippen LogP contribution in [0, 0.1) is 0 Å². The van der Waals surface area contributed by atoms with Crippen molar-refractivity contribution in [3.63, 3.8) is 0 Å². The zero-order valence-electron chi connectivity index (χ0n) is 19.0. The number of pyridine rings is 2. The zero-order chi connectivity index (χ0) is 23.2. The topological polar surface area (TPSA) is 111 Å². The Morgan fingerprint density at radius 1 is 1.06 bits per heavy atom. The first kappa shape index (κ1) is 22.4. The summed E-state index contributed by atoms with van der Waals surface area (Å²) in [7, 11) is 5.95. The first-order valence-corrected chi connectivity index (χ1v) is 10.8. The summed E-state index contributed by atoms with van der Waals surface area (Å²) in [5.74, 6) is 0.467. The first-order valence-electron chi connectivity index (χ1n) is 10.8. The van der Waals surface area contributed by atoms with Gasteiger partial charge in [0, 0.05) is 43.0 Å². The van der Waals surface area contributed by atoms with E-state index in [0.29, 0.717) is 11.4 Å². The van der Waals surface area contributed by atoms with Gasteiger partial charge in [0.05, 0.1) is 17.4 Å². The molecule has 1 aromatic carbocycles. The quantitative estimate of drug-likeness (QED) is 0.314. The van der Waals surface area contributed by atoms with Crippen LogP contribution in [-0.4, -0.2) is 65.2 Å². The lowest BCUT2D eigenvalue weighted by Gasteiger charge is -2.11. The number of likely N-dealkylation sites (N-methyl/N-ethyl adjacent to an activating group) is 1. The third-order valence-electron chi connectivity index (χ3n) is 5.17. The Morgan fingerprint density at radius 2 is 1.94 bits per heavy atom. The van der Waals surface area contributed by atoms with E-state index in [1.807, 2.05) is 63.9 Å². The summed E-state index contributed by atoms with van der Waals surface area (Å²) < 4.78 is 0. The standard InChI is InChI=1S/C24H28N8O/c1-25-12-16-10-18(14-26-13-16)17-4-6-21-20(11-17)23(31-30-21)24(33)29-19-5-7-22(28-15-19)27-8-9-32(2)3/h4-7,10-11,13-15,25H,8-9,12H2,1-3H3,(H,27,28)(H,29,33)(H,30,31). The van der Waals surface area contributed by atoms with Gasteiger partial charge >= 0.3 is 0 Å². The number of aromatic nitrogens is 4. The van der Waals surface area contributed by atoms with E-state index in [0.717, 1.165) is 53.0 Å². The number of rotatable bonds is 9. The Hall–Kier alpha value is -3.82. The van der Waals surface area contributed by atoms with Crippen molar-refractivity contribution in [2.75, 3.05) is 44.9 Å². The summed E-state index contributed by atoms with van der Waals surface area (Å²) in [6.45, 7) is 2.44. The largest absolute Gasteiger partial charge is 0.369 e. The Balaban J connectivity index is 1.50. The number of H-pyrrole nitrogens is 1. The molecular weight excluding hydrogens is 416 g/mol. The summed E-state index contributed by atoms with van der Waals surface area (Å²) in [4.78, 5) is 23.7.